The molecule has 0 radical (unpaired) electrons. The Hall–Kier alpha value is -4.01. The van der Waals surface area contributed by atoms with Crippen molar-refractivity contribution in [3.05, 3.63) is 89.7 Å². The predicted molar refractivity (Wildman–Crippen MR) is 139 cm³/mol. The topological polar surface area (TPSA) is 65.4 Å². The monoisotopic (exact) mass is 525 g/mol. The van der Waals surface area contributed by atoms with Gasteiger partial charge < -0.3 is 19.4 Å². The lowest BCUT2D eigenvalue weighted by atomic mass is 10.1. The highest BCUT2D eigenvalue weighted by Crippen LogP contribution is 2.25. The van der Waals surface area contributed by atoms with Crippen molar-refractivity contribution in [3.8, 4) is 11.5 Å². The van der Waals surface area contributed by atoms with E-state index in [-0.39, 0.29) is 18.3 Å². The summed E-state index contributed by atoms with van der Waals surface area (Å²) in [5, 5.41) is 2.96. The van der Waals surface area contributed by atoms with Crippen LogP contribution in [0.15, 0.2) is 72.8 Å². The second-order valence-electron chi connectivity index (χ2n) is 8.93. The van der Waals surface area contributed by atoms with Crippen molar-refractivity contribution >= 4 is 16.9 Å². The minimum atomic E-state index is -4.75. The van der Waals surface area contributed by atoms with Crippen molar-refractivity contribution in [1.29, 1.82) is 0 Å². The van der Waals surface area contributed by atoms with E-state index in [1.165, 1.54) is 12.1 Å². The molecule has 0 saturated carbocycles. The van der Waals surface area contributed by atoms with Gasteiger partial charge in [-0.05, 0) is 54.4 Å². The molecule has 0 atom stereocenters. The number of benzene rings is 3. The maximum Gasteiger partial charge on any atom is 0.573 e. The first kappa shape index (κ1) is 27.0. The summed E-state index contributed by atoms with van der Waals surface area (Å²) in [4.78, 5) is 17.4. The van der Waals surface area contributed by atoms with Crippen LogP contribution in [0, 0.1) is 0 Å². The number of unbranched alkanes of at least 4 members (excludes halogenated alkanes) is 3. The highest BCUT2D eigenvalue weighted by molar-refractivity contribution is 5.97. The summed E-state index contributed by atoms with van der Waals surface area (Å²) in [6.07, 6.45) is -0.456. The molecule has 3 aromatic carbocycles. The number of carbonyl (C=O) groups is 1. The maximum atomic E-state index is 12.7. The molecule has 9 heteroatoms. The molecular weight excluding hydrogens is 495 g/mol. The summed E-state index contributed by atoms with van der Waals surface area (Å²) in [6, 6.07) is 20.4. The Kier molecular flexibility index (Phi) is 8.89. The molecule has 4 aromatic rings. The van der Waals surface area contributed by atoms with E-state index in [0.29, 0.717) is 35.7 Å². The highest BCUT2D eigenvalue weighted by atomic mass is 19.4. The van der Waals surface area contributed by atoms with Crippen LogP contribution >= 0.6 is 0 Å². The number of hydrogen-bond donors (Lipinski definition) is 1. The fourth-order valence-electron chi connectivity index (χ4n) is 4.11. The number of fused-ring (bicyclic) bond motifs is 1. The number of halogens is 3. The van der Waals surface area contributed by atoms with Crippen LogP contribution in [0.25, 0.3) is 11.0 Å². The molecule has 6 nitrogen and oxygen atoms in total. The fraction of sp³-hybridized carbons (Fsp3) is 0.310. The van der Waals surface area contributed by atoms with Crippen molar-refractivity contribution in [3.63, 3.8) is 0 Å². The Morgan fingerprint density at radius 1 is 0.947 bits per heavy atom. The van der Waals surface area contributed by atoms with Gasteiger partial charge in [0.2, 0.25) is 0 Å². The van der Waals surface area contributed by atoms with Crippen LogP contribution in [0.3, 0.4) is 0 Å². The fourth-order valence-corrected chi connectivity index (χ4v) is 4.11. The van der Waals surface area contributed by atoms with Crippen molar-refractivity contribution < 1.29 is 27.4 Å². The SMILES string of the molecule is CCCCCCNC(=O)c1ccc2c(c1)nc(COc1ccccc1)n2Cc1ccc(OC(F)(F)F)cc1. The highest BCUT2D eigenvalue weighted by Gasteiger charge is 2.31. The summed E-state index contributed by atoms with van der Waals surface area (Å²) in [7, 11) is 0. The lowest BCUT2D eigenvalue weighted by molar-refractivity contribution is -0.274. The number of aromatic nitrogens is 2. The number of imidazole rings is 1. The van der Waals surface area contributed by atoms with Crippen LogP contribution in [0.1, 0.15) is 54.4 Å². The van der Waals surface area contributed by atoms with E-state index in [4.69, 9.17) is 9.72 Å². The second-order valence-corrected chi connectivity index (χ2v) is 8.93. The lowest BCUT2D eigenvalue weighted by Crippen LogP contribution is -2.24. The van der Waals surface area contributed by atoms with Crippen LogP contribution in [0.4, 0.5) is 13.2 Å². The number of amides is 1. The van der Waals surface area contributed by atoms with Gasteiger partial charge in [0, 0.05) is 18.7 Å². The third kappa shape index (κ3) is 7.50. The molecule has 1 N–H and O–H groups in total. The smallest absolute Gasteiger partial charge is 0.486 e. The van der Waals surface area contributed by atoms with Crippen molar-refractivity contribution in [2.75, 3.05) is 6.54 Å². The molecule has 1 amide bonds. The van der Waals surface area contributed by atoms with Crippen molar-refractivity contribution in [1.82, 2.24) is 14.9 Å². The third-order valence-corrected chi connectivity index (χ3v) is 6.01. The van der Waals surface area contributed by atoms with E-state index in [9.17, 15) is 18.0 Å². The zero-order valence-electron chi connectivity index (χ0n) is 21.1. The van der Waals surface area contributed by atoms with Gasteiger partial charge in [0.05, 0.1) is 11.0 Å². The summed E-state index contributed by atoms with van der Waals surface area (Å²) in [6.45, 7) is 3.28. The van der Waals surface area contributed by atoms with E-state index in [2.05, 4.69) is 17.0 Å². The molecule has 1 aromatic heterocycles. The molecule has 200 valence electrons. The number of nitrogens with one attached hydrogen (secondary N) is 1. The number of nitrogens with zero attached hydrogens (tertiary/aromatic N) is 2. The summed E-state index contributed by atoms with van der Waals surface area (Å²) in [5.74, 6) is 0.870. The van der Waals surface area contributed by atoms with Crippen molar-refractivity contribution in [2.45, 2.75) is 52.1 Å². The normalized spacial score (nSPS) is 11.5. The molecule has 0 fully saturated rings. The first-order valence-corrected chi connectivity index (χ1v) is 12.6. The quantitative estimate of drug-likeness (QED) is 0.205. The molecule has 38 heavy (non-hydrogen) atoms. The second kappa shape index (κ2) is 12.5. The average Bonchev–Trinajstić information content (AvgIpc) is 3.24. The van der Waals surface area contributed by atoms with Crippen LogP contribution in [0.2, 0.25) is 0 Å². The molecule has 0 aliphatic heterocycles. The van der Waals surface area contributed by atoms with Gasteiger partial charge in [-0.1, -0.05) is 56.5 Å². The Morgan fingerprint density at radius 3 is 2.42 bits per heavy atom. The molecular formula is C29H30F3N3O3. The van der Waals surface area contributed by atoms with E-state index in [1.54, 1.807) is 24.3 Å². The number of hydrogen-bond acceptors (Lipinski definition) is 4. The Balaban J connectivity index is 1.56. The average molecular weight is 526 g/mol. The first-order valence-electron chi connectivity index (χ1n) is 12.6. The molecule has 0 bridgehead atoms. The molecule has 0 aliphatic rings. The molecule has 0 saturated heterocycles. The van der Waals surface area contributed by atoms with Gasteiger partial charge in [0.1, 0.15) is 23.9 Å². The first-order chi connectivity index (χ1) is 18.3. The number of ether oxygens (including phenoxy) is 2. The Morgan fingerprint density at radius 2 is 1.71 bits per heavy atom. The Bertz CT molecular complexity index is 1340. The van der Waals surface area contributed by atoms with E-state index >= 15 is 0 Å². The van der Waals surface area contributed by atoms with Crippen LogP contribution < -0.4 is 14.8 Å². The third-order valence-electron chi connectivity index (χ3n) is 6.01. The largest absolute Gasteiger partial charge is 0.573 e. The molecule has 4 rings (SSSR count). The van der Waals surface area contributed by atoms with Crippen LogP contribution in [-0.4, -0.2) is 28.4 Å². The lowest BCUT2D eigenvalue weighted by Gasteiger charge is -2.12. The van der Waals surface area contributed by atoms with Gasteiger partial charge in [0.25, 0.3) is 5.91 Å². The van der Waals surface area contributed by atoms with E-state index in [0.717, 1.165) is 36.8 Å². The zero-order chi connectivity index (χ0) is 27.0. The van der Waals surface area contributed by atoms with Gasteiger partial charge in [-0.15, -0.1) is 13.2 Å². The van der Waals surface area contributed by atoms with Crippen LogP contribution in [0.5, 0.6) is 11.5 Å². The maximum absolute atomic E-state index is 12.7. The van der Waals surface area contributed by atoms with E-state index < -0.39 is 6.36 Å². The van der Waals surface area contributed by atoms with Gasteiger partial charge >= 0.3 is 6.36 Å². The summed E-state index contributed by atoms with van der Waals surface area (Å²) < 4.78 is 49.4. The zero-order valence-corrected chi connectivity index (χ0v) is 21.1. The predicted octanol–water partition coefficient (Wildman–Crippen LogP) is 6.87. The van der Waals surface area contributed by atoms with Gasteiger partial charge in [-0.25, -0.2) is 4.98 Å². The van der Waals surface area contributed by atoms with Crippen molar-refractivity contribution in [2.24, 2.45) is 0 Å². The van der Waals surface area contributed by atoms with E-state index in [1.807, 2.05) is 41.0 Å². The standard InChI is InChI=1S/C29H30F3N3O3/c1-2-3-4-8-17-33-28(36)22-13-16-26-25(18-22)34-27(20-37-23-9-6-5-7-10-23)35(26)19-21-11-14-24(15-12-21)38-29(30,31)32/h5-7,9-16,18H,2-4,8,17,19-20H2,1H3,(H,33,36). The molecule has 0 spiro atoms. The molecule has 0 aliphatic carbocycles. The summed E-state index contributed by atoms with van der Waals surface area (Å²) in [5.41, 5.74) is 2.69. The number of alkyl halides is 3. The minimum Gasteiger partial charge on any atom is -0.486 e. The minimum absolute atomic E-state index is 0.153. The number of rotatable bonds is 12. The number of carbonyl (C=O) groups excluding carboxylic acids is 1. The van der Waals surface area contributed by atoms with Crippen LogP contribution in [-0.2, 0) is 13.2 Å². The Labute approximate surface area is 219 Å². The summed E-state index contributed by atoms with van der Waals surface area (Å²) >= 11 is 0. The number of para-hydroxylation sites is 1. The van der Waals surface area contributed by atoms with Gasteiger partial charge in [-0.3, -0.25) is 4.79 Å². The van der Waals surface area contributed by atoms with Gasteiger partial charge in [0.15, 0.2) is 0 Å². The molecule has 1 heterocycles. The van der Waals surface area contributed by atoms with Gasteiger partial charge in [-0.2, -0.15) is 0 Å². The molecule has 0 unspecified atom stereocenters.